The maximum absolute atomic E-state index is 5.78. The Labute approximate surface area is 124 Å². The number of likely N-dealkylation sites (N-methyl/N-ethyl adjacent to an activating group) is 1. The molecule has 20 heavy (non-hydrogen) atoms. The number of hydrogen-bond donors (Lipinski definition) is 1. The van der Waals surface area contributed by atoms with Gasteiger partial charge in [0.15, 0.2) is 0 Å². The van der Waals surface area contributed by atoms with Crippen molar-refractivity contribution in [2.24, 2.45) is 5.41 Å². The summed E-state index contributed by atoms with van der Waals surface area (Å²) in [5.41, 5.74) is 0.299. The minimum Gasteiger partial charge on any atom is -0.381 e. The van der Waals surface area contributed by atoms with Gasteiger partial charge in [-0.3, -0.25) is 0 Å². The van der Waals surface area contributed by atoms with Crippen molar-refractivity contribution in [2.45, 2.75) is 51.7 Å². The average Bonchev–Trinajstić information content (AvgIpc) is 3.21. The minimum atomic E-state index is 0.299. The molecule has 0 aromatic carbocycles. The van der Waals surface area contributed by atoms with Gasteiger partial charge in [0.1, 0.15) is 0 Å². The Bertz CT molecular complexity index is 274. The van der Waals surface area contributed by atoms with E-state index in [4.69, 9.17) is 9.47 Å². The molecular weight excluding hydrogens is 252 g/mol. The second-order valence-electron chi connectivity index (χ2n) is 6.97. The quantitative estimate of drug-likeness (QED) is 0.701. The summed E-state index contributed by atoms with van der Waals surface area (Å²) in [6.07, 6.45) is 5.52. The van der Waals surface area contributed by atoms with Crippen molar-refractivity contribution in [2.75, 3.05) is 46.5 Å². The standard InChI is InChI=1S/C16H32N2O2/c1-14(2)20-10-8-18(3)12-16(7-4-9-19-13-16)11-17-15-5-6-15/h14-15,17H,4-13H2,1-3H3. The van der Waals surface area contributed by atoms with E-state index in [1.54, 1.807) is 0 Å². The predicted octanol–water partition coefficient (Wildman–Crippen LogP) is 1.89. The van der Waals surface area contributed by atoms with Crippen molar-refractivity contribution in [3.05, 3.63) is 0 Å². The van der Waals surface area contributed by atoms with E-state index in [0.717, 1.165) is 45.5 Å². The van der Waals surface area contributed by atoms with Crippen LogP contribution in [-0.4, -0.2) is 63.5 Å². The van der Waals surface area contributed by atoms with Crippen molar-refractivity contribution in [3.8, 4) is 0 Å². The molecule has 0 bridgehead atoms. The topological polar surface area (TPSA) is 33.7 Å². The molecule has 4 heteroatoms. The molecule has 4 nitrogen and oxygen atoms in total. The van der Waals surface area contributed by atoms with Crippen LogP contribution in [0.25, 0.3) is 0 Å². The Kier molecular flexibility index (Phi) is 6.27. The Morgan fingerprint density at radius 3 is 2.80 bits per heavy atom. The fraction of sp³-hybridized carbons (Fsp3) is 1.00. The van der Waals surface area contributed by atoms with Crippen LogP contribution >= 0.6 is 0 Å². The summed E-state index contributed by atoms with van der Waals surface area (Å²) in [6, 6.07) is 0.781. The monoisotopic (exact) mass is 284 g/mol. The lowest BCUT2D eigenvalue weighted by Gasteiger charge is -2.40. The van der Waals surface area contributed by atoms with Crippen LogP contribution in [0.2, 0.25) is 0 Å². The van der Waals surface area contributed by atoms with Crippen molar-refractivity contribution in [3.63, 3.8) is 0 Å². The highest BCUT2D eigenvalue weighted by molar-refractivity contribution is 4.90. The predicted molar refractivity (Wildman–Crippen MR) is 82.1 cm³/mol. The van der Waals surface area contributed by atoms with E-state index < -0.39 is 0 Å². The van der Waals surface area contributed by atoms with Gasteiger partial charge >= 0.3 is 0 Å². The smallest absolute Gasteiger partial charge is 0.0596 e. The lowest BCUT2D eigenvalue weighted by atomic mass is 9.81. The van der Waals surface area contributed by atoms with Gasteiger partial charge in [-0.15, -0.1) is 0 Å². The lowest BCUT2D eigenvalue weighted by molar-refractivity contribution is -0.0277. The van der Waals surface area contributed by atoms with Gasteiger partial charge in [-0.05, 0) is 46.6 Å². The van der Waals surface area contributed by atoms with Gasteiger partial charge in [0, 0.05) is 37.7 Å². The molecule has 1 saturated carbocycles. The molecule has 2 rings (SSSR count). The van der Waals surface area contributed by atoms with Gasteiger partial charge in [0.05, 0.1) is 19.3 Å². The fourth-order valence-corrected chi connectivity index (χ4v) is 2.97. The van der Waals surface area contributed by atoms with Crippen molar-refractivity contribution in [1.82, 2.24) is 10.2 Å². The Morgan fingerprint density at radius 2 is 2.20 bits per heavy atom. The number of nitrogens with zero attached hydrogens (tertiary/aromatic N) is 1. The van der Waals surface area contributed by atoms with Crippen LogP contribution in [0.1, 0.15) is 39.5 Å². The highest BCUT2D eigenvalue weighted by atomic mass is 16.5. The molecule has 0 aromatic rings. The number of ether oxygens (including phenoxy) is 2. The summed E-state index contributed by atoms with van der Waals surface area (Å²) in [6.45, 7) is 10.1. The zero-order valence-corrected chi connectivity index (χ0v) is 13.5. The van der Waals surface area contributed by atoms with Crippen molar-refractivity contribution < 1.29 is 9.47 Å². The summed E-state index contributed by atoms with van der Waals surface area (Å²) in [5.74, 6) is 0. The largest absolute Gasteiger partial charge is 0.381 e. The minimum absolute atomic E-state index is 0.299. The fourth-order valence-electron chi connectivity index (χ4n) is 2.97. The average molecular weight is 284 g/mol. The summed E-state index contributed by atoms with van der Waals surface area (Å²) >= 11 is 0. The van der Waals surface area contributed by atoms with E-state index in [2.05, 4.69) is 31.1 Å². The summed E-state index contributed by atoms with van der Waals surface area (Å²) < 4.78 is 11.4. The van der Waals surface area contributed by atoms with Crippen molar-refractivity contribution in [1.29, 1.82) is 0 Å². The summed E-state index contributed by atoms with van der Waals surface area (Å²) in [7, 11) is 2.21. The number of rotatable bonds is 9. The molecule has 2 aliphatic rings. The Morgan fingerprint density at radius 1 is 1.40 bits per heavy atom. The first-order chi connectivity index (χ1) is 9.60. The molecule has 0 spiro atoms. The lowest BCUT2D eigenvalue weighted by Crippen LogP contribution is -2.49. The molecule has 1 unspecified atom stereocenters. The second kappa shape index (κ2) is 7.74. The molecule has 1 atom stereocenters. The van der Waals surface area contributed by atoms with Gasteiger partial charge in [0.2, 0.25) is 0 Å². The van der Waals surface area contributed by atoms with Crippen molar-refractivity contribution >= 4 is 0 Å². The van der Waals surface area contributed by atoms with Gasteiger partial charge in [0.25, 0.3) is 0 Å². The van der Waals surface area contributed by atoms with E-state index >= 15 is 0 Å². The first-order valence-corrected chi connectivity index (χ1v) is 8.21. The molecule has 1 aliphatic carbocycles. The normalized spacial score (nSPS) is 27.4. The van der Waals surface area contributed by atoms with E-state index in [1.165, 1.54) is 25.7 Å². The van der Waals surface area contributed by atoms with Crippen LogP contribution in [-0.2, 0) is 9.47 Å². The Balaban J connectivity index is 1.76. The molecule has 118 valence electrons. The van der Waals surface area contributed by atoms with Crippen LogP contribution in [0.5, 0.6) is 0 Å². The molecule has 1 aliphatic heterocycles. The van der Waals surface area contributed by atoms with Crippen LogP contribution in [0, 0.1) is 5.41 Å². The van der Waals surface area contributed by atoms with Crippen LogP contribution in [0.4, 0.5) is 0 Å². The first kappa shape index (κ1) is 16.2. The SMILES string of the molecule is CC(C)OCCN(C)CC1(CNC2CC2)CCCOC1. The maximum Gasteiger partial charge on any atom is 0.0596 e. The molecule has 1 saturated heterocycles. The second-order valence-corrected chi connectivity index (χ2v) is 6.97. The molecule has 0 aromatic heterocycles. The summed E-state index contributed by atoms with van der Waals surface area (Å²) in [4.78, 5) is 2.41. The highest BCUT2D eigenvalue weighted by Crippen LogP contribution is 2.30. The van der Waals surface area contributed by atoms with Crippen LogP contribution < -0.4 is 5.32 Å². The maximum atomic E-state index is 5.78. The first-order valence-electron chi connectivity index (χ1n) is 8.21. The zero-order valence-electron chi connectivity index (χ0n) is 13.5. The Hall–Kier alpha value is -0.160. The molecular formula is C16H32N2O2. The van der Waals surface area contributed by atoms with Crippen LogP contribution in [0.3, 0.4) is 0 Å². The highest BCUT2D eigenvalue weighted by Gasteiger charge is 2.35. The van der Waals surface area contributed by atoms with E-state index in [-0.39, 0.29) is 0 Å². The molecule has 0 amide bonds. The third kappa shape index (κ3) is 5.68. The third-order valence-electron chi connectivity index (χ3n) is 4.28. The van der Waals surface area contributed by atoms with Gasteiger partial charge < -0.3 is 19.7 Å². The van der Waals surface area contributed by atoms with Gasteiger partial charge in [-0.25, -0.2) is 0 Å². The third-order valence-corrected chi connectivity index (χ3v) is 4.28. The molecule has 1 heterocycles. The van der Waals surface area contributed by atoms with E-state index in [1.807, 2.05) is 0 Å². The molecule has 0 radical (unpaired) electrons. The molecule has 1 N–H and O–H groups in total. The van der Waals surface area contributed by atoms with E-state index in [9.17, 15) is 0 Å². The number of nitrogens with one attached hydrogen (secondary N) is 1. The van der Waals surface area contributed by atoms with Gasteiger partial charge in [-0.2, -0.15) is 0 Å². The van der Waals surface area contributed by atoms with E-state index in [0.29, 0.717) is 11.5 Å². The number of hydrogen-bond acceptors (Lipinski definition) is 4. The summed E-state index contributed by atoms with van der Waals surface area (Å²) in [5, 5.41) is 3.71. The van der Waals surface area contributed by atoms with Crippen LogP contribution in [0.15, 0.2) is 0 Å². The zero-order chi connectivity index (χ0) is 14.4. The molecule has 2 fully saturated rings. The van der Waals surface area contributed by atoms with Gasteiger partial charge in [-0.1, -0.05) is 0 Å².